The molecule has 0 radical (unpaired) electrons. The molecule has 9 unspecified atom stereocenters. The van der Waals surface area contributed by atoms with Gasteiger partial charge in [-0.15, -0.1) is 0 Å². The molecule has 0 aliphatic carbocycles. The maximum absolute atomic E-state index is 13.1. The Bertz CT molecular complexity index is 939. The molecule has 0 aromatic rings. The number of hydrogen-bond donors (Lipinski definition) is 8. The van der Waals surface area contributed by atoms with Crippen molar-refractivity contribution in [2.75, 3.05) is 13.2 Å². The molecule has 0 bridgehead atoms. The van der Waals surface area contributed by atoms with Crippen molar-refractivity contribution in [3.05, 3.63) is 12.2 Å². The zero-order valence-corrected chi connectivity index (χ0v) is 36.3. The van der Waals surface area contributed by atoms with E-state index in [9.17, 15) is 40.5 Å². The van der Waals surface area contributed by atoms with E-state index in [0.717, 1.165) is 51.4 Å². The van der Waals surface area contributed by atoms with Crippen LogP contribution in [0.15, 0.2) is 12.2 Å². The number of carbonyl (C=O) groups excluding carboxylic acids is 1. The van der Waals surface area contributed by atoms with E-state index in [-0.39, 0.29) is 6.42 Å². The highest BCUT2D eigenvalue weighted by atomic mass is 16.7. The van der Waals surface area contributed by atoms with Crippen LogP contribution in [-0.2, 0) is 14.3 Å². The summed E-state index contributed by atoms with van der Waals surface area (Å²) in [7, 11) is 0. The molecule has 8 N–H and O–H groups in total. The molecule has 0 saturated carbocycles. The molecule has 1 saturated heterocycles. The first kappa shape index (κ1) is 53.9. The van der Waals surface area contributed by atoms with Crippen molar-refractivity contribution in [2.45, 2.75) is 262 Å². The summed E-state index contributed by atoms with van der Waals surface area (Å²) in [5.41, 5.74) is 0. The topological polar surface area (TPSA) is 189 Å². The molecule has 1 aliphatic rings. The minimum atomic E-state index is -1.66. The van der Waals surface area contributed by atoms with Gasteiger partial charge in [0.2, 0.25) is 5.91 Å². The molecule has 0 aromatic heterocycles. The van der Waals surface area contributed by atoms with Crippen LogP contribution in [-0.4, -0.2) is 110 Å². The third-order valence-corrected chi connectivity index (χ3v) is 11.6. The van der Waals surface area contributed by atoms with Crippen LogP contribution in [0.4, 0.5) is 0 Å². The van der Waals surface area contributed by atoms with Crippen molar-refractivity contribution in [3.8, 4) is 0 Å². The summed E-state index contributed by atoms with van der Waals surface area (Å²) in [4.78, 5) is 13.1. The summed E-state index contributed by atoms with van der Waals surface area (Å²) in [5, 5.41) is 75.6. The molecule has 0 spiro atoms. The minimum Gasteiger partial charge on any atom is -0.394 e. The molecular weight excluding hydrogens is 727 g/mol. The van der Waals surface area contributed by atoms with Gasteiger partial charge in [-0.3, -0.25) is 4.79 Å². The number of allylic oxidation sites excluding steroid dienone is 2. The molecule has 338 valence electrons. The van der Waals surface area contributed by atoms with Crippen LogP contribution >= 0.6 is 0 Å². The summed E-state index contributed by atoms with van der Waals surface area (Å²) in [6.45, 7) is 3.43. The smallest absolute Gasteiger partial charge is 0.249 e. The van der Waals surface area contributed by atoms with Crippen LogP contribution in [0.2, 0.25) is 0 Å². The first-order valence-electron chi connectivity index (χ1n) is 23.6. The zero-order valence-electron chi connectivity index (χ0n) is 36.3. The quantitative estimate of drug-likeness (QED) is 0.0226. The number of ether oxygens (including phenoxy) is 2. The van der Waals surface area contributed by atoms with Crippen molar-refractivity contribution in [1.82, 2.24) is 5.32 Å². The number of unbranched alkanes of at least 4 members (excludes halogenated alkanes) is 25. The molecule has 11 heteroatoms. The second-order valence-electron chi connectivity index (χ2n) is 16.8. The molecule has 9 atom stereocenters. The Labute approximate surface area is 347 Å². The van der Waals surface area contributed by atoms with Crippen molar-refractivity contribution in [3.63, 3.8) is 0 Å². The van der Waals surface area contributed by atoms with Crippen LogP contribution in [0.3, 0.4) is 0 Å². The van der Waals surface area contributed by atoms with E-state index in [1.807, 2.05) is 0 Å². The van der Waals surface area contributed by atoms with Gasteiger partial charge in [0, 0.05) is 0 Å². The standard InChI is InChI=1S/C46H89NO10/c1-3-5-7-9-11-13-15-17-18-19-20-21-22-24-26-28-30-32-34-39(50)45(55)47-37(36-56-46-44(54)43(53)42(52)40(35-48)57-46)41(51)38(49)33-31-29-27-25-23-16-14-12-10-8-6-4-2/h19-20,37-44,46,48-54H,3-18,21-36H2,1-2H3,(H,47,55)/b20-19-. The van der Waals surface area contributed by atoms with Gasteiger partial charge in [-0.2, -0.15) is 0 Å². The van der Waals surface area contributed by atoms with Gasteiger partial charge in [0.05, 0.1) is 25.4 Å². The predicted molar refractivity (Wildman–Crippen MR) is 229 cm³/mol. The van der Waals surface area contributed by atoms with Gasteiger partial charge in [-0.1, -0.05) is 180 Å². The van der Waals surface area contributed by atoms with Crippen molar-refractivity contribution in [2.24, 2.45) is 0 Å². The fourth-order valence-corrected chi connectivity index (χ4v) is 7.61. The van der Waals surface area contributed by atoms with Crippen molar-refractivity contribution < 1.29 is 50.0 Å². The van der Waals surface area contributed by atoms with Gasteiger partial charge in [-0.05, 0) is 38.5 Å². The van der Waals surface area contributed by atoms with Crippen molar-refractivity contribution in [1.29, 1.82) is 0 Å². The summed E-state index contributed by atoms with van der Waals surface area (Å²) in [6.07, 6.45) is 26.8. The van der Waals surface area contributed by atoms with Gasteiger partial charge >= 0.3 is 0 Å². The number of aliphatic hydroxyl groups excluding tert-OH is 7. The number of amides is 1. The van der Waals surface area contributed by atoms with E-state index in [2.05, 4.69) is 31.3 Å². The molecule has 11 nitrogen and oxygen atoms in total. The second kappa shape index (κ2) is 36.7. The zero-order chi connectivity index (χ0) is 41.9. The molecule has 1 rings (SSSR count). The lowest BCUT2D eigenvalue weighted by atomic mass is 9.98. The first-order chi connectivity index (χ1) is 27.7. The largest absolute Gasteiger partial charge is 0.394 e. The Hall–Kier alpha value is -1.15. The van der Waals surface area contributed by atoms with Gasteiger partial charge in [-0.25, -0.2) is 0 Å². The number of hydrogen-bond acceptors (Lipinski definition) is 10. The van der Waals surface area contributed by atoms with Crippen LogP contribution in [0.5, 0.6) is 0 Å². The van der Waals surface area contributed by atoms with Crippen LogP contribution < -0.4 is 5.32 Å². The summed E-state index contributed by atoms with van der Waals surface area (Å²) in [6, 6.07) is -1.17. The lowest BCUT2D eigenvalue weighted by Gasteiger charge is -2.40. The molecule has 1 fully saturated rings. The van der Waals surface area contributed by atoms with Crippen LogP contribution in [0.1, 0.15) is 206 Å². The van der Waals surface area contributed by atoms with Gasteiger partial charge in [0.1, 0.15) is 36.6 Å². The van der Waals surface area contributed by atoms with Crippen LogP contribution in [0.25, 0.3) is 0 Å². The highest BCUT2D eigenvalue weighted by Crippen LogP contribution is 2.23. The van der Waals surface area contributed by atoms with Gasteiger partial charge in [0.25, 0.3) is 0 Å². The Kier molecular flexibility index (Phi) is 34.7. The molecule has 1 aliphatic heterocycles. The van der Waals surface area contributed by atoms with E-state index < -0.39 is 74.2 Å². The Morgan fingerprint density at radius 3 is 1.47 bits per heavy atom. The maximum Gasteiger partial charge on any atom is 0.249 e. The summed E-state index contributed by atoms with van der Waals surface area (Å²) >= 11 is 0. The van der Waals surface area contributed by atoms with E-state index in [4.69, 9.17) is 9.47 Å². The maximum atomic E-state index is 13.1. The fourth-order valence-electron chi connectivity index (χ4n) is 7.61. The average Bonchev–Trinajstić information content (AvgIpc) is 3.21. The van der Waals surface area contributed by atoms with E-state index in [1.165, 1.54) is 116 Å². The molecular formula is C46H89NO10. The van der Waals surface area contributed by atoms with Gasteiger partial charge in [0.15, 0.2) is 6.29 Å². The fraction of sp³-hybridized carbons (Fsp3) is 0.935. The van der Waals surface area contributed by atoms with E-state index in [0.29, 0.717) is 19.3 Å². The SMILES string of the molecule is CCCCCCCCCC/C=C\CCCCCCCCC(O)C(=O)NC(COC1OC(CO)C(O)C(O)C1O)C(O)C(O)CCCCCCCCCCCCCC. The average molecular weight is 816 g/mol. The molecule has 1 amide bonds. The number of carbonyl (C=O) groups is 1. The Morgan fingerprint density at radius 2 is 1.02 bits per heavy atom. The van der Waals surface area contributed by atoms with Crippen LogP contribution in [0, 0.1) is 0 Å². The molecule has 57 heavy (non-hydrogen) atoms. The lowest BCUT2D eigenvalue weighted by Crippen LogP contribution is -2.60. The monoisotopic (exact) mass is 816 g/mol. The first-order valence-corrected chi connectivity index (χ1v) is 23.6. The molecule has 1 heterocycles. The van der Waals surface area contributed by atoms with E-state index >= 15 is 0 Å². The third-order valence-electron chi connectivity index (χ3n) is 11.6. The van der Waals surface area contributed by atoms with E-state index in [1.54, 1.807) is 0 Å². The predicted octanol–water partition coefficient (Wildman–Crippen LogP) is 7.67. The Morgan fingerprint density at radius 1 is 0.596 bits per heavy atom. The highest BCUT2D eigenvalue weighted by Gasteiger charge is 2.44. The summed E-state index contributed by atoms with van der Waals surface area (Å²) < 4.78 is 11.1. The normalized spacial score (nSPS) is 22.2. The highest BCUT2D eigenvalue weighted by molar-refractivity contribution is 5.80. The minimum absolute atomic E-state index is 0.255. The third kappa shape index (κ3) is 26.6. The number of nitrogens with one attached hydrogen (secondary N) is 1. The number of rotatable bonds is 39. The number of aliphatic hydroxyl groups is 7. The van der Waals surface area contributed by atoms with Crippen molar-refractivity contribution >= 4 is 5.91 Å². The molecule has 0 aromatic carbocycles. The lowest BCUT2D eigenvalue weighted by molar-refractivity contribution is -0.303. The summed E-state index contributed by atoms with van der Waals surface area (Å²) in [5.74, 6) is -0.701. The Balaban J connectivity index is 2.43. The van der Waals surface area contributed by atoms with Gasteiger partial charge < -0.3 is 50.5 Å². The second-order valence-corrected chi connectivity index (χ2v) is 16.8.